The van der Waals surface area contributed by atoms with E-state index in [2.05, 4.69) is 5.32 Å². The van der Waals surface area contributed by atoms with Gasteiger partial charge in [-0.15, -0.1) is 0 Å². The van der Waals surface area contributed by atoms with Crippen molar-refractivity contribution < 1.29 is 28.5 Å². The van der Waals surface area contributed by atoms with Crippen molar-refractivity contribution in [3.8, 4) is 0 Å². The van der Waals surface area contributed by atoms with Crippen molar-refractivity contribution in [2.75, 3.05) is 79.5 Å². The monoisotopic (exact) mass is 490 g/mol. The summed E-state index contributed by atoms with van der Waals surface area (Å²) in [5, 5.41) is 2.88. The Morgan fingerprint density at radius 1 is 0.939 bits per heavy atom. The van der Waals surface area contributed by atoms with Crippen LogP contribution in [0.5, 0.6) is 0 Å². The first-order chi connectivity index (χ1) is 16.1. The molecule has 0 radical (unpaired) electrons. The van der Waals surface area contributed by atoms with Crippen molar-refractivity contribution in [1.29, 1.82) is 0 Å². The summed E-state index contributed by atoms with van der Waals surface area (Å²) in [5.41, 5.74) is 6.74. The lowest BCUT2D eigenvalue weighted by Crippen LogP contribution is -2.25. The van der Waals surface area contributed by atoms with E-state index in [0.29, 0.717) is 58.3 Å². The number of nitrogens with two attached hydrogens (primary N) is 1. The molecule has 0 aromatic heterocycles. The van der Waals surface area contributed by atoms with E-state index in [1.54, 1.807) is 38.1 Å². The normalized spacial score (nSPS) is 10.2. The smallest absolute Gasteiger partial charge is 0.251 e. The van der Waals surface area contributed by atoms with Crippen LogP contribution in [0.3, 0.4) is 0 Å². The highest BCUT2D eigenvalue weighted by molar-refractivity contribution is 7.97. The molecule has 9 heteroatoms. The number of amides is 1. The molecule has 1 aromatic rings. The molecule has 0 aliphatic rings. The highest BCUT2D eigenvalue weighted by Gasteiger charge is 2.12. The van der Waals surface area contributed by atoms with E-state index < -0.39 is 6.29 Å². The lowest BCUT2D eigenvalue weighted by Gasteiger charge is -2.14. The lowest BCUT2D eigenvalue weighted by molar-refractivity contribution is -0.106. The fourth-order valence-electron chi connectivity index (χ4n) is 2.40. The number of carbonyl (C=O) groups is 1. The summed E-state index contributed by atoms with van der Waals surface area (Å²) < 4.78 is 26.6. The van der Waals surface area contributed by atoms with Crippen LogP contribution in [-0.2, 0) is 23.7 Å². The minimum atomic E-state index is -0.485. The Labute approximate surface area is 205 Å². The van der Waals surface area contributed by atoms with Crippen LogP contribution in [0.25, 0.3) is 0 Å². The predicted molar refractivity (Wildman–Crippen MR) is 137 cm³/mol. The standard InChI is InChI=1S/C20H34N2O6.C2H6S.C2H6/c1-24-20(25-2)18-7-3-6-17(16-18)19(23)22-9-5-11-27-13-15-28-14-12-26-10-4-8-21;1-3-2;1-2/h3,6-7,16,20H,4-5,8-15,21H2,1-2H3,(H,22,23);1-2H3;1-2H3. The Bertz CT molecular complexity index is 547. The SMILES string of the molecule is CC.COC(OC)c1cccc(C(=O)NCCCOCCOCCOCCCN)c1.CSC. The van der Waals surface area contributed by atoms with E-state index >= 15 is 0 Å². The number of hydrogen-bond acceptors (Lipinski definition) is 8. The second kappa shape index (κ2) is 27.0. The average Bonchev–Trinajstić information content (AvgIpc) is 2.84. The number of rotatable bonds is 17. The van der Waals surface area contributed by atoms with Gasteiger partial charge in [-0.2, -0.15) is 11.8 Å². The maximum absolute atomic E-state index is 12.2. The third kappa shape index (κ3) is 19.9. The largest absolute Gasteiger partial charge is 0.379 e. The summed E-state index contributed by atoms with van der Waals surface area (Å²) in [5.74, 6) is -0.134. The van der Waals surface area contributed by atoms with Crippen molar-refractivity contribution in [2.45, 2.75) is 33.0 Å². The molecular weight excluding hydrogens is 444 g/mol. The van der Waals surface area contributed by atoms with Crippen LogP contribution in [-0.4, -0.2) is 85.4 Å². The zero-order valence-corrected chi connectivity index (χ0v) is 22.2. The number of benzene rings is 1. The second-order valence-corrected chi connectivity index (χ2v) is 7.24. The summed E-state index contributed by atoms with van der Waals surface area (Å²) in [7, 11) is 3.12. The topological polar surface area (TPSA) is 101 Å². The van der Waals surface area contributed by atoms with Gasteiger partial charge in [0.15, 0.2) is 6.29 Å². The Balaban J connectivity index is 0. The van der Waals surface area contributed by atoms with Crippen LogP contribution in [0, 0.1) is 0 Å². The molecule has 0 spiro atoms. The molecule has 0 saturated carbocycles. The molecule has 1 aromatic carbocycles. The Morgan fingerprint density at radius 2 is 1.45 bits per heavy atom. The maximum Gasteiger partial charge on any atom is 0.251 e. The third-order valence-corrected chi connectivity index (χ3v) is 3.84. The van der Waals surface area contributed by atoms with Gasteiger partial charge in [-0.25, -0.2) is 0 Å². The summed E-state index contributed by atoms with van der Waals surface area (Å²) in [6, 6.07) is 7.19. The van der Waals surface area contributed by atoms with E-state index in [-0.39, 0.29) is 5.91 Å². The number of carbonyl (C=O) groups excluding carboxylic acids is 1. The Kier molecular flexibility index (Phi) is 27.8. The molecular formula is C24H46N2O6S. The molecule has 0 heterocycles. The summed E-state index contributed by atoms with van der Waals surface area (Å²) in [6.45, 7) is 8.59. The van der Waals surface area contributed by atoms with Gasteiger partial charge in [0.2, 0.25) is 0 Å². The zero-order chi connectivity index (χ0) is 25.2. The van der Waals surface area contributed by atoms with E-state index in [4.69, 9.17) is 29.4 Å². The predicted octanol–water partition coefficient (Wildman–Crippen LogP) is 3.50. The molecule has 0 saturated heterocycles. The molecule has 0 fully saturated rings. The molecule has 33 heavy (non-hydrogen) atoms. The number of hydrogen-bond donors (Lipinski definition) is 2. The van der Waals surface area contributed by atoms with Gasteiger partial charge in [-0.05, 0) is 44.0 Å². The number of thioether (sulfide) groups is 1. The third-order valence-electron chi connectivity index (χ3n) is 3.84. The van der Waals surface area contributed by atoms with Crippen LogP contribution in [0.2, 0.25) is 0 Å². The highest BCUT2D eigenvalue weighted by Crippen LogP contribution is 2.18. The van der Waals surface area contributed by atoms with Gasteiger partial charge in [0.1, 0.15) is 0 Å². The van der Waals surface area contributed by atoms with Gasteiger partial charge in [-0.1, -0.05) is 26.0 Å². The van der Waals surface area contributed by atoms with Crippen molar-refractivity contribution in [2.24, 2.45) is 5.73 Å². The molecule has 8 nitrogen and oxygen atoms in total. The minimum absolute atomic E-state index is 0.134. The minimum Gasteiger partial charge on any atom is -0.379 e. The Morgan fingerprint density at radius 3 is 1.97 bits per heavy atom. The van der Waals surface area contributed by atoms with E-state index in [9.17, 15) is 4.79 Å². The lowest BCUT2D eigenvalue weighted by atomic mass is 10.1. The molecule has 1 rings (SSSR count). The first kappa shape index (κ1) is 34.0. The molecule has 0 unspecified atom stereocenters. The zero-order valence-electron chi connectivity index (χ0n) is 21.4. The van der Waals surface area contributed by atoms with Crippen molar-refractivity contribution in [3.63, 3.8) is 0 Å². The van der Waals surface area contributed by atoms with E-state index in [0.717, 1.165) is 18.4 Å². The van der Waals surface area contributed by atoms with Crippen LogP contribution in [0.15, 0.2) is 24.3 Å². The molecule has 0 aliphatic heterocycles. The van der Waals surface area contributed by atoms with Crippen molar-refractivity contribution in [1.82, 2.24) is 5.32 Å². The molecule has 0 aliphatic carbocycles. The summed E-state index contributed by atoms with van der Waals surface area (Å²) in [4.78, 5) is 12.2. The summed E-state index contributed by atoms with van der Waals surface area (Å²) in [6.07, 6.45) is 5.19. The number of methoxy groups -OCH3 is 2. The molecule has 1 amide bonds. The number of nitrogens with one attached hydrogen (secondary N) is 1. The van der Waals surface area contributed by atoms with Gasteiger partial charge >= 0.3 is 0 Å². The van der Waals surface area contributed by atoms with Crippen LogP contribution in [0.1, 0.15) is 48.9 Å². The molecule has 0 bridgehead atoms. The maximum atomic E-state index is 12.2. The average molecular weight is 491 g/mol. The molecule has 0 atom stereocenters. The fraction of sp³-hybridized carbons (Fsp3) is 0.708. The van der Waals surface area contributed by atoms with Gasteiger partial charge in [0.05, 0.1) is 26.4 Å². The second-order valence-electron chi connectivity index (χ2n) is 6.43. The van der Waals surface area contributed by atoms with E-state index in [1.807, 2.05) is 38.5 Å². The van der Waals surface area contributed by atoms with Crippen LogP contribution < -0.4 is 11.1 Å². The van der Waals surface area contributed by atoms with Crippen molar-refractivity contribution in [3.05, 3.63) is 35.4 Å². The molecule has 194 valence electrons. The highest BCUT2D eigenvalue weighted by atomic mass is 32.2. The number of ether oxygens (including phenoxy) is 5. The Hall–Kier alpha value is -1.20. The van der Waals surface area contributed by atoms with Crippen molar-refractivity contribution >= 4 is 17.7 Å². The van der Waals surface area contributed by atoms with Crippen LogP contribution in [0.4, 0.5) is 0 Å². The van der Waals surface area contributed by atoms with Gasteiger partial charge in [-0.3, -0.25) is 4.79 Å². The molecule has 3 N–H and O–H groups in total. The van der Waals surface area contributed by atoms with Gasteiger partial charge in [0, 0.05) is 45.1 Å². The van der Waals surface area contributed by atoms with E-state index in [1.165, 1.54) is 0 Å². The fourth-order valence-corrected chi connectivity index (χ4v) is 2.40. The first-order valence-corrected chi connectivity index (χ1v) is 13.0. The van der Waals surface area contributed by atoms with Crippen LogP contribution >= 0.6 is 11.8 Å². The quantitative estimate of drug-likeness (QED) is 0.253. The van der Waals surface area contributed by atoms with Gasteiger partial charge < -0.3 is 34.7 Å². The first-order valence-electron chi connectivity index (χ1n) is 11.4. The summed E-state index contributed by atoms with van der Waals surface area (Å²) >= 11 is 1.75. The van der Waals surface area contributed by atoms with Gasteiger partial charge in [0.25, 0.3) is 5.91 Å².